The molecule has 1 fully saturated rings. The average Bonchev–Trinajstić information content (AvgIpc) is 3.55. The molecule has 0 N–H and O–H groups in total. The largest absolute Gasteiger partial charge is 0.494 e. The molecule has 0 spiro atoms. The third-order valence-corrected chi connectivity index (χ3v) is 10.3. The average molecular weight is 597 g/mol. The van der Waals surface area contributed by atoms with Gasteiger partial charge >= 0.3 is 7.12 Å². The molecule has 4 heteroatoms. The van der Waals surface area contributed by atoms with Crippen LogP contribution in [0.4, 0.5) is 0 Å². The van der Waals surface area contributed by atoms with Gasteiger partial charge in [0.05, 0.1) is 11.2 Å². The summed E-state index contributed by atoms with van der Waals surface area (Å²) < 4.78 is 18.9. The van der Waals surface area contributed by atoms with E-state index in [-0.39, 0.29) is 11.2 Å². The Kier molecular flexibility index (Phi) is 5.84. The van der Waals surface area contributed by atoms with Crippen LogP contribution in [0.15, 0.2) is 132 Å². The highest BCUT2D eigenvalue weighted by molar-refractivity contribution is 6.62. The van der Waals surface area contributed by atoms with Gasteiger partial charge < -0.3 is 13.7 Å². The molecule has 46 heavy (non-hydrogen) atoms. The predicted octanol–water partition coefficient (Wildman–Crippen LogP) is 10.7. The summed E-state index contributed by atoms with van der Waals surface area (Å²) in [6, 6.07) is 46.0. The van der Waals surface area contributed by atoms with Gasteiger partial charge in [-0.3, -0.25) is 0 Å². The molecule has 1 aliphatic rings. The van der Waals surface area contributed by atoms with Gasteiger partial charge in [-0.05, 0) is 118 Å². The zero-order valence-electron chi connectivity index (χ0n) is 26.4. The van der Waals surface area contributed by atoms with Crippen molar-refractivity contribution in [3.05, 3.63) is 127 Å². The van der Waals surface area contributed by atoms with Gasteiger partial charge in [0.25, 0.3) is 0 Å². The molecule has 0 amide bonds. The second-order valence-corrected chi connectivity index (χ2v) is 13.6. The summed E-state index contributed by atoms with van der Waals surface area (Å²) in [6.07, 6.45) is 0. The molecule has 3 nitrogen and oxygen atoms in total. The quantitative estimate of drug-likeness (QED) is 0.150. The van der Waals surface area contributed by atoms with Crippen LogP contribution in [0.3, 0.4) is 0 Å². The topological polar surface area (TPSA) is 31.6 Å². The summed E-state index contributed by atoms with van der Waals surface area (Å²) in [5.41, 5.74) is 6.63. The molecular formula is C42H33BO3. The highest BCUT2D eigenvalue weighted by atomic mass is 16.7. The lowest BCUT2D eigenvalue weighted by Gasteiger charge is -2.32. The molecule has 1 aromatic heterocycles. The van der Waals surface area contributed by atoms with Crippen molar-refractivity contribution in [3.63, 3.8) is 0 Å². The van der Waals surface area contributed by atoms with Gasteiger partial charge in [0.1, 0.15) is 11.2 Å². The third-order valence-electron chi connectivity index (χ3n) is 10.3. The van der Waals surface area contributed by atoms with Gasteiger partial charge in [-0.2, -0.15) is 0 Å². The molecular weight excluding hydrogens is 563 g/mol. The van der Waals surface area contributed by atoms with E-state index in [0.29, 0.717) is 0 Å². The Morgan fingerprint density at radius 2 is 0.891 bits per heavy atom. The van der Waals surface area contributed by atoms with E-state index in [1.54, 1.807) is 0 Å². The van der Waals surface area contributed by atoms with E-state index in [9.17, 15) is 0 Å². The Hall–Kier alpha value is -4.90. The van der Waals surface area contributed by atoms with Crippen LogP contribution in [-0.2, 0) is 9.31 Å². The first-order valence-electron chi connectivity index (χ1n) is 16.0. The molecule has 0 bridgehead atoms. The lowest BCUT2D eigenvalue weighted by Crippen LogP contribution is -2.41. The Morgan fingerprint density at radius 3 is 1.52 bits per heavy atom. The normalized spacial score (nSPS) is 16.0. The molecule has 1 aliphatic heterocycles. The fraction of sp³-hybridized carbons (Fsp3) is 0.143. The molecule has 222 valence electrons. The molecule has 9 rings (SSSR count). The Labute approximate surface area is 268 Å². The van der Waals surface area contributed by atoms with E-state index in [1.807, 2.05) is 0 Å². The maximum absolute atomic E-state index is 6.34. The van der Waals surface area contributed by atoms with Crippen molar-refractivity contribution >= 4 is 66.8 Å². The lowest BCUT2D eigenvalue weighted by atomic mass is 9.79. The van der Waals surface area contributed by atoms with Gasteiger partial charge in [-0.1, -0.05) is 97.1 Å². The molecule has 2 heterocycles. The van der Waals surface area contributed by atoms with Crippen molar-refractivity contribution in [2.75, 3.05) is 0 Å². The number of hydrogen-bond donors (Lipinski definition) is 0. The van der Waals surface area contributed by atoms with E-state index in [0.717, 1.165) is 33.0 Å². The van der Waals surface area contributed by atoms with Crippen LogP contribution in [0.1, 0.15) is 27.7 Å². The van der Waals surface area contributed by atoms with Gasteiger partial charge in [-0.25, -0.2) is 0 Å². The van der Waals surface area contributed by atoms with Gasteiger partial charge in [0.15, 0.2) is 0 Å². The maximum atomic E-state index is 6.34. The summed E-state index contributed by atoms with van der Waals surface area (Å²) in [5.74, 6) is 0. The van der Waals surface area contributed by atoms with Gasteiger partial charge in [0.2, 0.25) is 0 Å². The maximum Gasteiger partial charge on any atom is 0.494 e. The fourth-order valence-electron chi connectivity index (χ4n) is 7.06. The van der Waals surface area contributed by atoms with Crippen molar-refractivity contribution in [2.24, 2.45) is 0 Å². The van der Waals surface area contributed by atoms with Crippen LogP contribution in [0, 0.1) is 0 Å². The van der Waals surface area contributed by atoms with E-state index in [1.165, 1.54) is 49.0 Å². The van der Waals surface area contributed by atoms with E-state index in [4.69, 9.17) is 13.7 Å². The van der Waals surface area contributed by atoms with Gasteiger partial charge in [0, 0.05) is 10.8 Å². The molecule has 0 aliphatic carbocycles. The molecule has 0 atom stereocenters. The highest BCUT2D eigenvalue weighted by Crippen LogP contribution is 2.39. The van der Waals surface area contributed by atoms with Crippen molar-refractivity contribution in [3.8, 4) is 22.3 Å². The second kappa shape index (κ2) is 9.80. The lowest BCUT2D eigenvalue weighted by molar-refractivity contribution is 0.00578. The molecule has 1 saturated heterocycles. The minimum Gasteiger partial charge on any atom is -0.456 e. The van der Waals surface area contributed by atoms with Crippen LogP contribution < -0.4 is 5.46 Å². The minimum absolute atomic E-state index is 0.390. The van der Waals surface area contributed by atoms with Crippen LogP contribution in [0.2, 0.25) is 0 Å². The van der Waals surface area contributed by atoms with Crippen molar-refractivity contribution in [1.82, 2.24) is 0 Å². The van der Waals surface area contributed by atoms with Crippen molar-refractivity contribution < 1.29 is 13.7 Å². The summed E-state index contributed by atoms with van der Waals surface area (Å²) in [7, 11) is -0.423. The first kappa shape index (κ1) is 27.4. The summed E-state index contributed by atoms with van der Waals surface area (Å²) in [6.45, 7) is 8.31. The van der Waals surface area contributed by atoms with E-state index in [2.05, 4.69) is 155 Å². The fourth-order valence-corrected chi connectivity index (χ4v) is 7.06. The molecule has 8 aromatic rings. The van der Waals surface area contributed by atoms with E-state index < -0.39 is 7.12 Å². The Morgan fingerprint density at radius 1 is 0.391 bits per heavy atom. The third kappa shape index (κ3) is 4.14. The number of fused-ring (bicyclic) bond motifs is 9. The van der Waals surface area contributed by atoms with Crippen LogP contribution in [-0.4, -0.2) is 18.3 Å². The molecule has 0 radical (unpaired) electrons. The SMILES string of the molecule is CC1(C)OB(c2ccc3c(c2)oc2ccc(-c4cccc(-c5ccc6c7ccccc7c7ccccc7c6c5)c4)cc23)OC1(C)C. The minimum atomic E-state index is -0.423. The molecule has 7 aromatic carbocycles. The highest BCUT2D eigenvalue weighted by Gasteiger charge is 2.51. The monoisotopic (exact) mass is 596 g/mol. The number of rotatable bonds is 3. The van der Waals surface area contributed by atoms with Crippen LogP contribution >= 0.6 is 0 Å². The van der Waals surface area contributed by atoms with Crippen LogP contribution in [0.5, 0.6) is 0 Å². The molecule has 0 saturated carbocycles. The van der Waals surface area contributed by atoms with E-state index >= 15 is 0 Å². The molecule has 0 unspecified atom stereocenters. The Bertz CT molecular complexity index is 2450. The number of hydrogen-bond acceptors (Lipinski definition) is 3. The zero-order chi connectivity index (χ0) is 31.2. The summed E-state index contributed by atoms with van der Waals surface area (Å²) in [4.78, 5) is 0. The smallest absolute Gasteiger partial charge is 0.456 e. The van der Waals surface area contributed by atoms with Crippen LogP contribution in [0.25, 0.3) is 76.5 Å². The van der Waals surface area contributed by atoms with Crippen molar-refractivity contribution in [2.45, 2.75) is 38.9 Å². The Balaban J connectivity index is 1.11. The summed E-state index contributed by atoms with van der Waals surface area (Å²) >= 11 is 0. The van der Waals surface area contributed by atoms with Gasteiger partial charge in [-0.15, -0.1) is 0 Å². The number of benzene rings is 7. The second-order valence-electron chi connectivity index (χ2n) is 13.6. The first-order chi connectivity index (χ1) is 22.3. The standard InChI is InChI=1S/C42H33BO3/c1-41(2)42(3,4)46-43(45-41)30-18-20-36-38-24-29(17-21-39(38)44-40(36)25-30)27-11-9-10-26(22-27)28-16-19-35-33-14-6-5-12-31(33)32-13-7-8-15-34(32)37(35)23-28/h5-25H,1-4H3. The van der Waals surface area contributed by atoms with Crippen molar-refractivity contribution in [1.29, 1.82) is 0 Å². The predicted molar refractivity (Wildman–Crippen MR) is 193 cm³/mol. The summed E-state index contributed by atoms with van der Waals surface area (Å²) in [5, 5.41) is 9.92. The first-order valence-corrected chi connectivity index (χ1v) is 16.0. The number of furan rings is 1. The zero-order valence-corrected chi connectivity index (χ0v) is 26.4.